The lowest BCUT2D eigenvalue weighted by molar-refractivity contribution is -0.128. The van der Waals surface area contributed by atoms with E-state index < -0.39 is 5.41 Å². The van der Waals surface area contributed by atoms with Gasteiger partial charge >= 0.3 is 0 Å². The molecule has 2 rings (SSSR count). The number of rotatable bonds is 6. The molecule has 1 aliphatic rings. The molecule has 1 fully saturated rings. The zero-order valence-corrected chi connectivity index (χ0v) is 19.3. The van der Waals surface area contributed by atoms with Gasteiger partial charge in [-0.15, -0.1) is 24.0 Å². The van der Waals surface area contributed by atoms with Gasteiger partial charge < -0.3 is 20.4 Å². The average Bonchev–Trinajstić information content (AvgIpc) is 2.66. The molecular weight excluding hydrogens is 453 g/mol. The fraction of sp³-hybridized carbons (Fsp3) is 0.600. The minimum Gasteiger partial charge on any atom is -0.368 e. The lowest BCUT2D eigenvalue weighted by atomic mass is 9.92. The van der Waals surface area contributed by atoms with Gasteiger partial charge in [-0.3, -0.25) is 9.79 Å². The molecule has 0 aromatic heterocycles. The zero-order valence-electron chi connectivity index (χ0n) is 17.0. The van der Waals surface area contributed by atoms with E-state index in [1.165, 1.54) is 5.69 Å². The Bertz CT molecular complexity index is 598. The normalized spacial score (nSPS) is 15.2. The number of piperazine rings is 1. The molecule has 0 spiro atoms. The topological polar surface area (TPSA) is 60.0 Å². The molecule has 1 amide bonds. The minimum atomic E-state index is -0.511. The first-order valence-corrected chi connectivity index (χ1v) is 9.59. The average molecular weight is 487 g/mol. The molecule has 1 aliphatic heterocycles. The molecule has 152 valence electrons. The summed E-state index contributed by atoms with van der Waals surface area (Å²) < 4.78 is 0. The molecule has 1 saturated heterocycles. The number of amides is 1. The van der Waals surface area contributed by atoms with Gasteiger partial charge in [-0.05, 0) is 39.8 Å². The standard InChI is InChI=1S/C20H33N5O.HI/c1-5-21-18(26)20(3,4)16-23-19(22-6-2)25-14-12-24(13-15-25)17-10-8-7-9-11-17;/h7-11H,5-6,12-16H2,1-4H3,(H,21,26)(H,22,23);1H. The molecule has 2 N–H and O–H groups in total. The predicted octanol–water partition coefficient (Wildman–Crippen LogP) is 2.55. The summed E-state index contributed by atoms with van der Waals surface area (Å²) >= 11 is 0. The van der Waals surface area contributed by atoms with Gasteiger partial charge in [0.25, 0.3) is 0 Å². The molecular formula is C20H34IN5O. The van der Waals surface area contributed by atoms with Gasteiger partial charge in [0.05, 0.1) is 12.0 Å². The SMILES string of the molecule is CCNC(=O)C(C)(C)CN=C(NCC)N1CCN(c2ccccc2)CC1.I. The van der Waals surface area contributed by atoms with Gasteiger partial charge in [0.1, 0.15) is 0 Å². The van der Waals surface area contributed by atoms with Crippen LogP contribution in [0.5, 0.6) is 0 Å². The number of nitrogens with zero attached hydrogens (tertiary/aromatic N) is 3. The Morgan fingerprint density at radius 1 is 1.04 bits per heavy atom. The first-order chi connectivity index (χ1) is 12.5. The predicted molar refractivity (Wildman–Crippen MR) is 124 cm³/mol. The minimum absolute atomic E-state index is 0. The number of hydrogen-bond acceptors (Lipinski definition) is 3. The molecule has 0 unspecified atom stereocenters. The van der Waals surface area contributed by atoms with Crippen LogP contribution < -0.4 is 15.5 Å². The highest BCUT2D eigenvalue weighted by molar-refractivity contribution is 14.0. The van der Waals surface area contributed by atoms with Crippen LogP contribution in [0.25, 0.3) is 0 Å². The first kappa shape index (κ1) is 23.5. The summed E-state index contributed by atoms with van der Waals surface area (Å²) in [5.41, 5.74) is 0.759. The Morgan fingerprint density at radius 2 is 1.63 bits per heavy atom. The van der Waals surface area contributed by atoms with Crippen molar-refractivity contribution in [3.05, 3.63) is 30.3 Å². The molecule has 1 aromatic carbocycles. The lowest BCUT2D eigenvalue weighted by Gasteiger charge is -2.38. The fourth-order valence-corrected chi connectivity index (χ4v) is 2.99. The number of para-hydroxylation sites is 1. The van der Waals surface area contributed by atoms with Crippen molar-refractivity contribution in [1.29, 1.82) is 0 Å². The molecule has 27 heavy (non-hydrogen) atoms. The van der Waals surface area contributed by atoms with Crippen molar-refractivity contribution in [2.75, 3.05) is 50.7 Å². The number of aliphatic imine (C=N–C) groups is 1. The number of guanidine groups is 1. The van der Waals surface area contributed by atoms with E-state index in [1.807, 2.05) is 26.8 Å². The molecule has 7 heteroatoms. The molecule has 0 atom stereocenters. The number of carbonyl (C=O) groups is 1. The summed E-state index contributed by atoms with van der Waals surface area (Å²) in [4.78, 5) is 21.6. The monoisotopic (exact) mass is 487 g/mol. The number of anilines is 1. The van der Waals surface area contributed by atoms with E-state index in [2.05, 4.69) is 51.6 Å². The Kier molecular flexibility index (Phi) is 9.90. The second kappa shape index (κ2) is 11.4. The quantitative estimate of drug-likeness (QED) is 0.368. The van der Waals surface area contributed by atoms with E-state index in [9.17, 15) is 4.79 Å². The highest BCUT2D eigenvalue weighted by atomic mass is 127. The van der Waals surface area contributed by atoms with Gasteiger partial charge in [0.2, 0.25) is 5.91 Å². The third-order valence-corrected chi connectivity index (χ3v) is 4.61. The summed E-state index contributed by atoms with van der Waals surface area (Å²) in [6, 6.07) is 10.5. The lowest BCUT2D eigenvalue weighted by Crippen LogP contribution is -2.53. The molecule has 0 saturated carbocycles. The van der Waals surface area contributed by atoms with Crippen LogP contribution in [0.1, 0.15) is 27.7 Å². The summed E-state index contributed by atoms with van der Waals surface area (Å²) in [6.45, 7) is 13.6. The van der Waals surface area contributed by atoms with Crippen molar-refractivity contribution in [3.8, 4) is 0 Å². The second-order valence-corrected chi connectivity index (χ2v) is 7.22. The number of carbonyl (C=O) groups excluding carboxylic acids is 1. The van der Waals surface area contributed by atoms with E-state index in [1.54, 1.807) is 0 Å². The summed E-state index contributed by atoms with van der Waals surface area (Å²) in [5, 5.41) is 6.27. The summed E-state index contributed by atoms with van der Waals surface area (Å²) in [6.07, 6.45) is 0. The fourth-order valence-electron chi connectivity index (χ4n) is 2.99. The molecule has 0 aliphatic carbocycles. The van der Waals surface area contributed by atoms with Crippen molar-refractivity contribution in [3.63, 3.8) is 0 Å². The largest absolute Gasteiger partial charge is 0.368 e. The van der Waals surface area contributed by atoms with E-state index in [0.29, 0.717) is 13.1 Å². The number of halogens is 1. The summed E-state index contributed by atoms with van der Waals surface area (Å²) in [5.74, 6) is 0.950. The first-order valence-electron chi connectivity index (χ1n) is 9.59. The van der Waals surface area contributed by atoms with Gasteiger partial charge in [-0.1, -0.05) is 18.2 Å². The van der Waals surface area contributed by atoms with Crippen LogP contribution in [0.3, 0.4) is 0 Å². The maximum absolute atomic E-state index is 12.2. The van der Waals surface area contributed by atoms with Crippen LogP contribution in [0.15, 0.2) is 35.3 Å². The van der Waals surface area contributed by atoms with Gasteiger partial charge in [0, 0.05) is 45.0 Å². The van der Waals surface area contributed by atoms with Crippen LogP contribution in [0.2, 0.25) is 0 Å². The van der Waals surface area contributed by atoms with Gasteiger partial charge in [-0.25, -0.2) is 0 Å². The highest BCUT2D eigenvalue weighted by Gasteiger charge is 2.28. The third kappa shape index (κ3) is 6.86. The number of nitrogens with one attached hydrogen (secondary N) is 2. The molecule has 6 nitrogen and oxygen atoms in total. The number of hydrogen-bond donors (Lipinski definition) is 2. The second-order valence-electron chi connectivity index (χ2n) is 7.22. The van der Waals surface area contributed by atoms with Crippen LogP contribution >= 0.6 is 24.0 Å². The third-order valence-electron chi connectivity index (χ3n) is 4.61. The van der Waals surface area contributed by atoms with Crippen molar-refractivity contribution in [2.24, 2.45) is 10.4 Å². The van der Waals surface area contributed by atoms with Crippen molar-refractivity contribution < 1.29 is 4.79 Å². The maximum atomic E-state index is 12.2. The van der Waals surface area contributed by atoms with E-state index in [0.717, 1.165) is 38.7 Å². The van der Waals surface area contributed by atoms with Crippen LogP contribution in [0.4, 0.5) is 5.69 Å². The zero-order chi connectivity index (χ0) is 19.0. The Hall–Kier alpha value is -1.51. The van der Waals surface area contributed by atoms with Gasteiger partial charge in [-0.2, -0.15) is 0 Å². The van der Waals surface area contributed by atoms with Gasteiger partial charge in [0.15, 0.2) is 5.96 Å². The van der Waals surface area contributed by atoms with Crippen LogP contribution in [0, 0.1) is 5.41 Å². The van der Waals surface area contributed by atoms with E-state index in [4.69, 9.17) is 4.99 Å². The number of benzene rings is 1. The highest BCUT2D eigenvalue weighted by Crippen LogP contribution is 2.17. The molecule has 1 aromatic rings. The van der Waals surface area contributed by atoms with E-state index in [-0.39, 0.29) is 29.9 Å². The van der Waals surface area contributed by atoms with Crippen molar-refractivity contribution >= 4 is 41.5 Å². The van der Waals surface area contributed by atoms with E-state index >= 15 is 0 Å². The smallest absolute Gasteiger partial charge is 0.227 e. The molecule has 0 bridgehead atoms. The van der Waals surface area contributed by atoms with Crippen molar-refractivity contribution in [1.82, 2.24) is 15.5 Å². The Labute approximate surface area is 180 Å². The Balaban J connectivity index is 0.00000364. The van der Waals surface area contributed by atoms with Crippen LogP contribution in [-0.2, 0) is 4.79 Å². The summed E-state index contributed by atoms with van der Waals surface area (Å²) in [7, 11) is 0. The molecule has 1 heterocycles. The molecule has 0 radical (unpaired) electrons. The Morgan fingerprint density at radius 3 is 2.19 bits per heavy atom. The van der Waals surface area contributed by atoms with Crippen molar-refractivity contribution in [2.45, 2.75) is 27.7 Å². The van der Waals surface area contributed by atoms with Crippen LogP contribution in [-0.4, -0.2) is 62.6 Å². The maximum Gasteiger partial charge on any atom is 0.227 e.